The molecule has 1 fully saturated rings. The summed E-state index contributed by atoms with van der Waals surface area (Å²) in [6, 6.07) is 6.11. The maximum atomic E-state index is 12.4. The van der Waals surface area contributed by atoms with E-state index in [9.17, 15) is 9.90 Å². The molecule has 0 saturated heterocycles. The Hall–Kier alpha value is -2.30. The third kappa shape index (κ3) is 3.76. The summed E-state index contributed by atoms with van der Waals surface area (Å²) < 4.78 is 10.7. The average Bonchev–Trinajstić information content (AvgIpc) is 2.84. The molecule has 0 radical (unpaired) electrons. The van der Waals surface area contributed by atoms with Crippen LogP contribution in [-0.4, -0.2) is 23.7 Å². The first-order valence-corrected chi connectivity index (χ1v) is 9.52. The molecule has 2 aromatic rings. The molecule has 5 heteroatoms. The highest BCUT2D eigenvalue weighted by Crippen LogP contribution is 2.31. The van der Waals surface area contributed by atoms with Crippen LogP contribution in [0.2, 0.25) is 0 Å². The summed E-state index contributed by atoms with van der Waals surface area (Å²) in [5.74, 6) is -0.715. The second kappa shape index (κ2) is 7.94. The van der Waals surface area contributed by atoms with Crippen LogP contribution >= 0.6 is 0 Å². The molecule has 0 amide bonds. The molecule has 140 valence electrons. The SMILES string of the molecule is CCOC(=O)c1c(O)oc2c(=NC3CCCCC3)ccc(C(C)C)cc12. The van der Waals surface area contributed by atoms with E-state index >= 15 is 0 Å². The van der Waals surface area contributed by atoms with Gasteiger partial charge in [-0.2, -0.15) is 0 Å². The van der Waals surface area contributed by atoms with E-state index in [0.29, 0.717) is 16.3 Å². The van der Waals surface area contributed by atoms with Gasteiger partial charge in [-0.15, -0.1) is 0 Å². The summed E-state index contributed by atoms with van der Waals surface area (Å²) in [4.78, 5) is 17.2. The minimum atomic E-state index is -0.576. The number of esters is 1. The topological polar surface area (TPSA) is 72.0 Å². The molecular weight excluding hydrogens is 330 g/mol. The predicted octanol–water partition coefficient (Wildman–Crippen LogP) is 4.67. The van der Waals surface area contributed by atoms with Gasteiger partial charge < -0.3 is 14.3 Å². The van der Waals surface area contributed by atoms with E-state index in [1.54, 1.807) is 6.92 Å². The van der Waals surface area contributed by atoms with E-state index < -0.39 is 11.9 Å². The molecule has 1 saturated carbocycles. The van der Waals surface area contributed by atoms with Crippen LogP contribution in [0.1, 0.15) is 74.7 Å². The molecule has 1 aromatic carbocycles. The number of nitrogens with zero attached hydrogens (tertiary/aromatic N) is 1. The first-order chi connectivity index (χ1) is 12.5. The maximum Gasteiger partial charge on any atom is 0.346 e. The number of carbonyl (C=O) groups excluding carboxylic acids is 1. The Balaban J connectivity index is 2.25. The van der Waals surface area contributed by atoms with Crippen molar-refractivity contribution >= 4 is 16.9 Å². The number of rotatable bonds is 4. The fourth-order valence-corrected chi connectivity index (χ4v) is 3.49. The van der Waals surface area contributed by atoms with Crippen LogP contribution in [0.25, 0.3) is 11.0 Å². The van der Waals surface area contributed by atoms with Crippen molar-refractivity contribution in [2.24, 2.45) is 4.99 Å². The van der Waals surface area contributed by atoms with Gasteiger partial charge in [-0.3, -0.25) is 4.99 Å². The minimum Gasteiger partial charge on any atom is -0.480 e. The highest BCUT2D eigenvalue weighted by atomic mass is 16.5. The van der Waals surface area contributed by atoms with Crippen molar-refractivity contribution in [3.05, 3.63) is 34.7 Å². The first-order valence-electron chi connectivity index (χ1n) is 9.52. The quantitative estimate of drug-likeness (QED) is 0.807. The number of hydrogen-bond donors (Lipinski definition) is 1. The summed E-state index contributed by atoms with van der Waals surface area (Å²) in [5.41, 5.74) is 1.58. The van der Waals surface area contributed by atoms with Gasteiger partial charge in [-0.25, -0.2) is 4.79 Å². The summed E-state index contributed by atoms with van der Waals surface area (Å²) in [6.07, 6.45) is 5.76. The fourth-order valence-electron chi connectivity index (χ4n) is 3.49. The Bertz CT molecular complexity index is 860. The molecule has 0 bridgehead atoms. The summed E-state index contributed by atoms with van der Waals surface area (Å²) >= 11 is 0. The Morgan fingerprint density at radius 3 is 2.69 bits per heavy atom. The van der Waals surface area contributed by atoms with Crippen molar-refractivity contribution in [3.63, 3.8) is 0 Å². The molecule has 1 heterocycles. The third-order valence-corrected chi connectivity index (χ3v) is 4.95. The second-order valence-electron chi connectivity index (χ2n) is 7.18. The van der Waals surface area contributed by atoms with Crippen molar-refractivity contribution in [3.8, 4) is 5.95 Å². The number of aromatic hydroxyl groups is 1. The molecule has 0 atom stereocenters. The molecule has 1 aliphatic rings. The van der Waals surface area contributed by atoms with Gasteiger partial charge in [-0.05, 0) is 43.4 Å². The van der Waals surface area contributed by atoms with E-state index in [0.717, 1.165) is 18.4 Å². The maximum absolute atomic E-state index is 12.4. The van der Waals surface area contributed by atoms with Crippen LogP contribution in [-0.2, 0) is 4.74 Å². The van der Waals surface area contributed by atoms with Gasteiger partial charge in [0.05, 0.1) is 12.6 Å². The van der Waals surface area contributed by atoms with Gasteiger partial charge in [0.1, 0.15) is 5.36 Å². The zero-order valence-corrected chi connectivity index (χ0v) is 15.7. The number of hydrogen-bond acceptors (Lipinski definition) is 5. The molecular formula is C21H27NO4. The molecule has 26 heavy (non-hydrogen) atoms. The monoisotopic (exact) mass is 357 g/mol. The molecule has 1 N–H and O–H groups in total. The van der Waals surface area contributed by atoms with Crippen LogP contribution in [0, 0.1) is 0 Å². The van der Waals surface area contributed by atoms with Crippen LogP contribution < -0.4 is 5.36 Å². The average molecular weight is 357 g/mol. The zero-order chi connectivity index (χ0) is 18.7. The highest BCUT2D eigenvalue weighted by molar-refractivity contribution is 6.05. The molecule has 0 unspecified atom stereocenters. The van der Waals surface area contributed by atoms with E-state index in [-0.39, 0.29) is 24.1 Å². The number of furan rings is 1. The van der Waals surface area contributed by atoms with E-state index in [2.05, 4.69) is 13.8 Å². The van der Waals surface area contributed by atoms with E-state index in [1.807, 2.05) is 18.2 Å². The largest absolute Gasteiger partial charge is 0.480 e. The van der Waals surface area contributed by atoms with Crippen molar-refractivity contribution in [1.82, 2.24) is 0 Å². The lowest BCUT2D eigenvalue weighted by molar-refractivity contribution is 0.0522. The minimum absolute atomic E-state index is 0.0834. The molecule has 0 aliphatic heterocycles. The Labute approximate surface area is 153 Å². The number of fused-ring (bicyclic) bond motifs is 1. The lowest BCUT2D eigenvalue weighted by atomic mass is 9.96. The lowest BCUT2D eigenvalue weighted by Gasteiger charge is -2.16. The standard InChI is InChI=1S/C21H27NO4/c1-4-25-20(23)18-16-12-14(13(2)3)10-11-17(19(16)26-21(18)24)22-15-8-6-5-7-9-15/h10-13,15,24H,4-9H2,1-3H3. The van der Waals surface area contributed by atoms with Crippen LogP contribution in [0.4, 0.5) is 0 Å². The fraction of sp³-hybridized carbons (Fsp3) is 0.524. The van der Waals surface area contributed by atoms with E-state index in [4.69, 9.17) is 14.1 Å². The van der Waals surface area contributed by atoms with Crippen molar-refractivity contribution < 1.29 is 19.1 Å². The Morgan fingerprint density at radius 1 is 1.31 bits per heavy atom. The van der Waals surface area contributed by atoms with Crippen molar-refractivity contribution in [1.29, 1.82) is 0 Å². The van der Waals surface area contributed by atoms with Crippen LogP contribution in [0.5, 0.6) is 5.95 Å². The molecule has 0 spiro atoms. The van der Waals surface area contributed by atoms with Gasteiger partial charge in [0.15, 0.2) is 11.1 Å². The Morgan fingerprint density at radius 2 is 2.04 bits per heavy atom. The molecule has 3 rings (SSSR count). The van der Waals surface area contributed by atoms with Gasteiger partial charge in [-0.1, -0.05) is 39.2 Å². The highest BCUT2D eigenvalue weighted by Gasteiger charge is 2.23. The smallest absolute Gasteiger partial charge is 0.346 e. The summed E-state index contributed by atoms with van der Waals surface area (Å²) in [7, 11) is 0. The van der Waals surface area contributed by atoms with Crippen molar-refractivity contribution in [2.45, 2.75) is 64.8 Å². The third-order valence-electron chi connectivity index (χ3n) is 4.95. The lowest BCUT2D eigenvalue weighted by Crippen LogP contribution is -2.14. The normalized spacial score (nSPS) is 16.4. The summed E-state index contributed by atoms with van der Waals surface area (Å²) in [5, 5.41) is 11.5. The van der Waals surface area contributed by atoms with Gasteiger partial charge in [0, 0.05) is 5.39 Å². The van der Waals surface area contributed by atoms with Gasteiger partial charge in [0.2, 0.25) is 0 Å². The zero-order valence-electron chi connectivity index (χ0n) is 15.7. The van der Waals surface area contributed by atoms with Crippen LogP contribution in [0.15, 0.2) is 27.6 Å². The van der Waals surface area contributed by atoms with Gasteiger partial charge >= 0.3 is 5.97 Å². The second-order valence-corrected chi connectivity index (χ2v) is 7.18. The Kier molecular flexibility index (Phi) is 5.64. The molecule has 1 aliphatic carbocycles. The molecule has 5 nitrogen and oxygen atoms in total. The number of ether oxygens (including phenoxy) is 1. The van der Waals surface area contributed by atoms with Crippen molar-refractivity contribution in [2.75, 3.05) is 6.61 Å². The predicted molar refractivity (Wildman–Crippen MR) is 100 cm³/mol. The number of carbonyl (C=O) groups is 1. The first kappa shape index (κ1) is 18.5. The van der Waals surface area contributed by atoms with Gasteiger partial charge in [0.25, 0.3) is 5.95 Å². The van der Waals surface area contributed by atoms with E-state index in [1.165, 1.54) is 19.3 Å². The van der Waals surface area contributed by atoms with Crippen LogP contribution in [0.3, 0.4) is 0 Å². The summed E-state index contributed by atoms with van der Waals surface area (Å²) in [6.45, 7) is 6.15. The molecule has 1 aromatic heterocycles.